The maximum atomic E-state index is 4.78. The van der Waals surface area contributed by atoms with Crippen molar-refractivity contribution >= 4 is 11.8 Å². The summed E-state index contributed by atoms with van der Waals surface area (Å²) >= 11 is 0. The summed E-state index contributed by atoms with van der Waals surface area (Å²) in [5.74, 6) is 1.79. The van der Waals surface area contributed by atoms with Crippen LogP contribution in [0.15, 0.2) is 58.1 Å². The van der Waals surface area contributed by atoms with Gasteiger partial charge in [-0.3, -0.25) is 9.98 Å². The van der Waals surface area contributed by atoms with Crippen LogP contribution in [0.5, 0.6) is 0 Å². The van der Waals surface area contributed by atoms with E-state index in [9.17, 15) is 0 Å². The lowest BCUT2D eigenvalue weighted by Gasteiger charge is -2.32. The van der Waals surface area contributed by atoms with E-state index < -0.39 is 0 Å². The summed E-state index contributed by atoms with van der Waals surface area (Å²) < 4.78 is 0. The topological polar surface area (TPSA) is 52.0 Å². The van der Waals surface area contributed by atoms with Crippen LogP contribution in [0.1, 0.15) is 24.5 Å². The van der Waals surface area contributed by atoms with Crippen LogP contribution in [-0.2, 0) is 12.8 Å². The zero-order valence-corrected chi connectivity index (χ0v) is 16.7. The number of guanidine groups is 1. The van der Waals surface area contributed by atoms with Crippen molar-refractivity contribution in [2.24, 2.45) is 9.98 Å². The van der Waals surface area contributed by atoms with E-state index in [4.69, 9.17) is 9.98 Å². The third-order valence-corrected chi connectivity index (χ3v) is 4.90. The van der Waals surface area contributed by atoms with Gasteiger partial charge in [-0.1, -0.05) is 49.4 Å². The Kier molecular flexibility index (Phi) is 6.82. The van der Waals surface area contributed by atoms with Crippen molar-refractivity contribution in [3.8, 4) is 0 Å². The van der Waals surface area contributed by atoms with E-state index in [0.717, 1.165) is 50.7 Å². The average Bonchev–Trinajstić information content (AvgIpc) is 2.68. The fraction of sp³-hybridized carbons (Fsp3) is 0.455. The molecule has 2 N–H and O–H groups in total. The first-order valence-electron chi connectivity index (χ1n) is 9.88. The smallest absolute Gasteiger partial charge is 0.197 e. The normalized spacial score (nSPS) is 21.8. The van der Waals surface area contributed by atoms with Gasteiger partial charge in [0, 0.05) is 18.7 Å². The van der Waals surface area contributed by atoms with E-state index in [2.05, 4.69) is 79.0 Å². The predicted molar refractivity (Wildman–Crippen MR) is 115 cm³/mol. The molecule has 0 spiro atoms. The van der Waals surface area contributed by atoms with Crippen molar-refractivity contribution in [3.63, 3.8) is 0 Å². The van der Waals surface area contributed by atoms with Crippen LogP contribution in [0.3, 0.4) is 0 Å². The van der Waals surface area contributed by atoms with E-state index in [1.807, 2.05) is 0 Å². The van der Waals surface area contributed by atoms with Crippen molar-refractivity contribution in [1.82, 2.24) is 15.5 Å². The Labute approximate surface area is 163 Å². The fourth-order valence-electron chi connectivity index (χ4n) is 3.21. The highest BCUT2D eigenvalue weighted by molar-refractivity contribution is 6.12. The lowest BCUT2D eigenvalue weighted by molar-refractivity contribution is 0.420. The van der Waals surface area contributed by atoms with Gasteiger partial charge in [0.2, 0.25) is 0 Å². The standard InChI is InChI=1S/C22H31N5/c1-4-17-9-11-18(12-10-17)13-14-24-22-25-20-8-6-5-7-19(20)21(26-22)23-15-16-27(2)3/h5-7,9-12,20H,4,8,13-16H2,1-3H3,(H2,23,24,25,26). The van der Waals surface area contributed by atoms with Gasteiger partial charge in [-0.05, 0) is 44.5 Å². The second kappa shape index (κ2) is 9.51. The number of hydrogen-bond acceptors (Lipinski definition) is 3. The minimum atomic E-state index is 0.261. The first-order valence-corrected chi connectivity index (χ1v) is 9.88. The number of benzene rings is 1. The Bertz CT molecular complexity index is 740. The van der Waals surface area contributed by atoms with Gasteiger partial charge < -0.3 is 15.5 Å². The van der Waals surface area contributed by atoms with Crippen LogP contribution in [0.4, 0.5) is 0 Å². The van der Waals surface area contributed by atoms with Gasteiger partial charge in [0.25, 0.3) is 0 Å². The number of hydrogen-bond donors (Lipinski definition) is 2. The van der Waals surface area contributed by atoms with Crippen LogP contribution in [0, 0.1) is 0 Å². The predicted octanol–water partition coefficient (Wildman–Crippen LogP) is 2.56. The van der Waals surface area contributed by atoms with Gasteiger partial charge in [-0.25, -0.2) is 0 Å². The van der Waals surface area contributed by atoms with Gasteiger partial charge in [-0.15, -0.1) is 0 Å². The van der Waals surface area contributed by atoms with Crippen molar-refractivity contribution in [1.29, 1.82) is 0 Å². The van der Waals surface area contributed by atoms with Gasteiger partial charge in [0.1, 0.15) is 5.84 Å². The number of aliphatic imine (C=N–C) groups is 2. The molecule has 1 saturated heterocycles. The molecule has 1 atom stereocenters. The molecule has 3 rings (SSSR count). The Balaban J connectivity index is 1.63. The van der Waals surface area contributed by atoms with Crippen molar-refractivity contribution in [2.45, 2.75) is 32.2 Å². The van der Waals surface area contributed by atoms with Crippen LogP contribution >= 0.6 is 0 Å². The number of nitrogens with zero attached hydrogens (tertiary/aromatic N) is 3. The SMILES string of the molecule is CCc1ccc(CCN=C2NC(=NCCN(C)C)C3=CC=CCC3N2)cc1. The van der Waals surface area contributed by atoms with Crippen LogP contribution in [-0.4, -0.2) is 56.5 Å². The number of amidine groups is 1. The Morgan fingerprint density at radius 3 is 2.59 bits per heavy atom. The number of aryl methyl sites for hydroxylation is 1. The Morgan fingerprint density at radius 1 is 1.07 bits per heavy atom. The number of likely N-dealkylation sites (N-methyl/N-ethyl adjacent to an activating group) is 1. The van der Waals surface area contributed by atoms with Crippen molar-refractivity contribution in [3.05, 3.63) is 59.2 Å². The maximum absolute atomic E-state index is 4.78. The largest absolute Gasteiger partial charge is 0.349 e. The summed E-state index contributed by atoms with van der Waals surface area (Å²) in [6.07, 6.45) is 9.44. The zero-order chi connectivity index (χ0) is 19.1. The highest BCUT2D eigenvalue weighted by Crippen LogP contribution is 2.17. The highest BCUT2D eigenvalue weighted by Gasteiger charge is 2.26. The van der Waals surface area contributed by atoms with Gasteiger partial charge >= 0.3 is 0 Å². The Morgan fingerprint density at radius 2 is 1.85 bits per heavy atom. The summed E-state index contributed by atoms with van der Waals surface area (Å²) in [6.45, 7) is 4.66. The van der Waals surface area contributed by atoms with Crippen LogP contribution in [0.25, 0.3) is 0 Å². The zero-order valence-electron chi connectivity index (χ0n) is 16.7. The summed E-state index contributed by atoms with van der Waals surface area (Å²) in [6, 6.07) is 9.10. The lowest BCUT2D eigenvalue weighted by atomic mass is 9.96. The fourth-order valence-corrected chi connectivity index (χ4v) is 3.21. The molecule has 1 fully saturated rings. The number of allylic oxidation sites excluding steroid dienone is 2. The van der Waals surface area contributed by atoms with Crippen LogP contribution < -0.4 is 10.6 Å². The minimum Gasteiger partial charge on any atom is -0.349 e. The molecule has 27 heavy (non-hydrogen) atoms. The molecule has 2 aliphatic rings. The summed E-state index contributed by atoms with van der Waals surface area (Å²) in [4.78, 5) is 11.7. The van der Waals surface area contributed by atoms with E-state index in [1.165, 1.54) is 16.7 Å². The molecule has 0 saturated carbocycles. The summed E-state index contributed by atoms with van der Waals surface area (Å²) in [5.41, 5.74) is 3.93. The molecule has 1 aliphatic carbocycles. The third kappa shape index (κ3) is 5.54. The quantitative estimate of drug-likeness (QED) is 0.781. The second-order valence-electron chi connectivity index (χ2n) is 7.29. The van der Waals surface area contributed by atoms with E-state index in [1.54, 1.807) is 0 Å². The molecule has 1 heterocycles. The first kappa shape index (κ1) is 19.4. The average molecular weight is 366 g/mol. The first-order chi connectivity index (χ1) is 13.2. The summed E-state index contributed by atoms with van der Waals surface area (Å²) in [7, 11) is 4.14. The molecule has 1 aromatic carbocycles. The monoisotopic (exact) mass is 365 g/mol. The second-order valence-corrected chi connectivity index (χ2v) is 7.29. The molecule has 0 bridgehead atoms. The molecule has 5 heteroatoms. The molecule has 0 aromatic heterocycles. The molecule has 1 aromatic rings. The third-order valence-electron chi connectivity index (χ3n) is 4.90. The van der Waals surface area contributed by atoms with E-state index in [-0.39, 0.29) is 6.04 Å². The van der Waals surface area contributed by atoms with Crippen LogP contribution in [0.2, 0.25) is 0 Å². The van der Waals surface area contributed by atoms with Crippen molar-refractivity contribution in [2.75, 3.05) is 33.7 Å². The molecule has 1 unspecified atom stereocenters. The minimum absolute atomic E-state index is 0.261. The van der Waals surface area contributed by atoms with Gasteiger partial charge in [-0.2, -0.15) is 0 Å². The maximum Gasteiger partial charge on any atom is 0.197 e. The lowest BCUT2D eigenvalue weighted by Crippen LogP contribution is -2.55. The molecule has 5 nitrogen and oxygen atoms in total. The molecular formula is C22H31N5. The molecule has 144 valence electrons. The van der Waals surface area contributed by atoms with Gasteiger partial charge in [0.15, 0.2) is 5.96 Å². The number of rotatable bonds is 7. The summed E-state index contributed by atoms with van der Waals surface area (Å²) in [5, 5.41) is 6.92. The van der Waals surface area contributed by atoms with Gasteiger partial charge in [0.05, 0.1) is 12.6 Å². The van der Waals surface area contributed by atoms with E-state index in [0.29, 0.717) is 0 Å². The molecular weight excluding hydrogens is 334 g/mol. The number of nitrogens with one attached hydrogen (secondary N) is 2. The highest BCUT2D eigenvalue weighted by atomic mass is 15.2. The van der Waals surface area contributed by atoms with E-state index >= 15 is 0 Å². The van der Waals surface area contributed by atoms with Crippen molar-refractivity contribution < 1.29 is 0 Å². The molecule has 0 radical (unpaired) electrons. The molecule has 1 aliphatic heterocycles. The Hall–Kier alpha value is -2.40. The molecule has 0 amide bonds. The number of fused-ring (bicyclic) bond motifs is 1.